The van der Waals surface area contributed by atoms with Crippen molar-refractivity contribution in [2.45, 2.75) is 79.4 Å². The predicted molar refractivity (Wildman–Crippen MR) is 175 cm³/mol. The molecule has 0 rings (SSSR count). The zero-order chi connectivity index (χ0) is 51.1. The summed E-state index contributed by atoms with van der Waals surface area (Å²) >= 11 is 0. The third-order valence-corrected chi connectivity index (χ3v) is 6.44. The van der Waals surface area contributed by atoms with Crippen molar-refractivity contribution >= 4 is 0 Å². The van der Waals surface area contributed by atoms with Crippen LogP contribution in [0.2, 0.25) is 0 Å². The molecule has 0 aliphatic heterocycles. The maximum absolute atomic E-state index is 13.9. The zero-order valence-electron chi connectivity index (χ0n) is 33.7. The summed E-state index contributed by atoms with van der Waals surface area (Å²) in [5.41, 5.74) is 0. The summed E-state index contributed by atoms with van der Waals surface area (Å²) in [5.74, 6) is 0. The van der Waals surface area contributed by atoms with Crippen molar-refractivity contribution in [1.29, 1.82) is 0 Å². The van der Waals surface area contributed by atoms with Gasteiger partial charge in [-0.2, -0.15) is 70.2 Å². The Hall–Kier alpha value is -1.88. The van der Waals surface area contributed by atoms with Crippen LogP contribution in [0.1, 0.15) is 0 Å². The van der Waals surface area contributed by atoms with E-state index in [0.717, 1.165) is 0 Å². The number of halogens is 16. The van der Waals surface area contributed by atoms with Crippen LogP contribution in [0.5, 0.6) is 0 Å². The van der Waals surface area contributed by atoms with Gasteiger partial charge in [-0.05, 0) is 0 Å². The molecule has 35 heteroatoms. The van der Waals surface area contributed by atoms with Crippen LogP contribution < -0.4 is 0 Å². The van der Waals surface area contributed by atoms with Crippen LogP contribution in [0.3, 0.4) is 0 Å². The number of aliphatic hydroxyl groups excluding tert-OH is 7. The van der Waals surface area contributed by atoms with Crippen molar-refractivity contribution in [2.75, 3.05) is 119 Å². The Kier molecular flexibility index (Phi) is 28.5. The second kappa shape index (κ2) is 29.3. The summed E-state index contributed by atoms with van der Waals surface area (Å²) in [5, 5.41) is 64.8. The summed E-state index contributed by atoms with van der Waals surface area (Å²) in [6.07, 6.45) is -56.8. The summed E-state index contributed by atoms with van der Waals surface area (Å²) in [6.45, 7) is -19.3. The highest BCUT2D eigenvalue weighted by atomic mass is 19.4. The molecule has 7 N–H and O–H groups in total. The lowest BCUT2D eigenvalue weighted by molar-refractivity contribution is -0.516. The Morgan fingerprint density at radius 2 is 0.439 bits per heavy atom. The molecule has 66 heavy (non-hydrogen) atoms. The first-order valence-electron chi connectivity index (χ1n) is 18.2. The first kappa shape index (κ1) is 64.1. The molecule has 0 spiro atoms. The average Bonchev–Trinajstić information content (AvgIpc) is 3.12. The van der Waals surface area contributed by atoms with Crippen molar-refractivity contribution in [3.8, 4) is 0 Å². The fourth-order valence-electron chi connectivity index (χ4n) is 3.85. The van der Waals surface area contributed by atoms with E-state index < -0.39 is 159 Å². The molecule has 0 aromatic heterocycles. The first-order chi connectivity index (χ1) is 30.1. The third kappa shape index (κ3) is 28.6. The van der Waals surface area contributed by atoms with E-state index in [2.05, 4.69) is 37.9 Å². The van der Waals surface area contributed by atoms with Crippen LogP contribution in [0, 0.1) is 0 Å². The Morgan fingerprint density at radius 1 is 0.273 bits per heavy atom. The van der Waals surface area contributed by atoms with E-state index in [9.17, 15) is 95.8 Å². The molecule has 0 aromatic carbocycles. The maximum Gasteiger partial charge on any atom is 0.453 e. The lowest BCUT2D eigenvalue weighted by Crippen LogP contribution is -2.53. The van der Waals surface area contributed by atoms with Gasteiger partial charge in [0.15, 0.2) is 0 Å². The van der Waals surface area contributed by atoms with E-state index in [4.69, 9.17) is 29.2 Å². The fourth-order valence-corrected chi connectivity index (χ4v) is 3.85. The molecule has 0 amide bonds. The molecule has 0 heterocycles. The van der Waals surface area contributed by atoms with Crippen molar-refractivity contribution in [3.05, 3.63) is 0 Å². The number of rotatable bonds is 42. The molecule has 4 atom stereocenters. The quantitative estimate of drug-likeness (QED) is 0.0329. The largest absolute Gasteiger partial charge is 0.453 e. The maximum atomic E-state index is 13.9. The highest BCUT2D eigenvalue weighted by Crippen LogP contribution is 2.44. The predicted octanol–water partition coefficient (Wildman–Crippen LogP) is 0.717. The molecule has 0 saturated heterocycles. The van der Waals surface area contributed by atoms with E-state index in [1.165, 1.54) is 0 Å². The van der Waals surface area contributed by atoms with Crippen LogP contribution in [0.15, 0.2) is 0 Å². The van der Waals surface area contributed by atoms with E-state index in [-0.39, 0.29) is 39.6 Å². The number of alkyl halides is 16. The summed E-state index contributed by atoms with van der Waals surface area (Å²) in [4.78, 5) is 0. The molecular formula is C31H48F16O19. The van der Waals surface area contributed by atoms with Crippen molar-refractivity contribution in [3.63, 3.8) is 0 Å². The molecular weight excluding hydrogens is 980 g/mol. The lowest BCUT2D eigenvalue weighted by atomic mass is 10.4. The van der Waals surface area contributed by atoms with Crippen molar-refractivity contribution < 1.29 is 163 Å². The van der Waals surface area contributed by atoms with Gasteiger partial charge in [0, 0.05) is 0 Å². The van der Waals surface area contributed by atoms with Gasteiger partial charge in [-0.1, -0.05) is 0 Å². The van der Waals surface area contributed by atoms with Gasteiger partial charge in [-0.3, -0.25) is 0 Å². The Morgan fingerprint density at radius 3 is 0.621 bits per heavy atom. The normalized spacial score (nSPS) is 16.4. The molecule has 0 aliphatic rings. The Bertz CT molecular complexity index is 1190. The summed E-state index contributed by atoms with van der Waals surface area (Å²) in [7, 11) is 0. The molecule has 0 fully saturated rings. The van der Waals surface area contributed by atoms with E-state index >= 15 is 0 Å². The molecule has 0 aliphatic carbocycles. The van der Waals surface area contributed by atoms with Gasteiger partial charge in [0.25, 0.3) is 0 Å². The smallest absolute Gasteiger partial charge is 0.394 e. The molecule has 398 valence electrons. The van der Waals surface area contributed by atoms with Gasteiger partial charge in [0.2, 0.25) is 0 Å². The minimum atomic E-state index is -6.61. The molecule has 0 radical (unpaired) electrons. The monoisotopic (exact) mass is 1030 g/mol. The van der Waals surface area contributed by atoms with Gasteiger partial charge < -0.3 is 73.6 Å². The second-order valence-corrected chi connectivity index (χ2v) is 13.0. The van der Waals surface area contributed by atoms with Gasteiger partial charge >= 0.3 is 48.9 Å². The Balaban J connectivity index is 4.81. The van der Waals surface area contributed by atoms with Crippen molar-refractivity contribution in [2.24, 2.45) is 0 Å². The fraction of sp³-hybridized carbons (Fsp3) is 1.00. The highest BCUT2D eigenvalue weighted by Gasteiger charge is 2.68. The van der Waals surface area contributed by atoms with Crippen molar-refractivity contribution in [1.82, 2.24) is 0 Å². The molecule has 0 saturated carbocycles. The number of hydrogen-bond acceptors (Lipinski definition) is 19. The number of hydrogen-bond donors (Lipinski definition) is 7. The van der Waals surface area contributed by atoms with Gasteiger partial charge in [-0.15, -0.1) is 0 Å². The van der Waals surface area contributed by atoms with Crippen LogP contribution >= 0.6 is 0 Å². The number of ether oxygens (including phenoxy) is 12. The van der Waals surface area contributed by atoms with Crippen LogP contribution in [0.4, 0.5) is 70.2 Å². The molecule has 0 aromatic rings. The Labute approximate surface area is 361 Å². The lowest BCUT2D eigenvalue weighted by Gasteiger charge is -2.31. The first-order valence-corrected chi connectivity index (χ1v) is 18.2. The van der Waals surface area contributed by atoms with E-state index in [0.29, 0.717) is 0 Å². The highest BCUT2D eigenvalue weighted by molar-refractivity contribution is 4.74. The summed E-state index contributed by atoms with van der Waals surface area (Å²) < 4.78 is 267. The minimum absolute atomic E-state index is 0.139. The van der Waals surface area contributed by atoms with Crippen LogP contribution in [0.25, 0.3) is 0 Å². The van der Waals surface area contributed by atoms with Crippen LogP contribution in [-0.2, 0) is 56.8 Å². The second-order valence-electron chi connectivity index (χ2n) is 13.0. The van der Waals surface area contributed by atoms with Gasteiger partial charge in [0.05, 0.1) is 92.5 Å². The van der Waals surface area contributed by atoms with E-state index in [1.54, 1.807) is 0 Å². The minimum Gasteiger partial charge on any atom is -0.394 e. The zero-order valence-corrected chi connectivity index (χ0v) is 33.7. The number of aliphatic hydroxyl groups is 7. The SMILES string of the molecule is OCCOCC(O)COCC(O)COCC(F)(F)OC(F)(F)C(F)(F)OC(F)(F)COCC(O)COCC(F)(F)OC(F)(F)C(F)(F)OC(F)(F)COCC(O)COCC(O)COCCO. The van der Waals surface area contributed by atoms with Crippen LogP contribution in [-0.4, -0.2) is 234 Å². The summed E-state index contributed by atoms with van der Waals surface area (Å²) in [6, 6.07) is 0. The average molecular weight is 1030 g/mol. The molecule has 0 bridgehead atoms. The molecule has 4 unspecified atom stereocenters. The third-order valence-electron chi connectivity index (χ3n) is 6.44. The van der Waals surface area contributed by atoms with Gasteiger partial charge in [0.1, 0.15) is 56.9 Å². The standard InChI is InChI=1S/C31H48F16O19/c32-24(33,15-59-11-21(52)9-57-7-19(50)5-55-3-1-48)63-28(40,41)30(44,45)65-26(36,37)17-61-13-23(54)14-62-18-27(38,39)66-31(46,47)29(42,43)64-25(34,35)16-60-12-22(53)10-58-8-20(51)6-56-4-2-49/h19-23,48-54H,1-18H2. The molecule has 19 nitrogen and oxygen atoms in total. The van der Waals surface area contributed by atoms with E-state index in [1.807, 2.05) is 0 Å². The topological polar surface area (TPSA) is 252 Å². The van der Waals surface area contributed by atoms with Gasteiger partial charge in [-0.25, -0.2) is 18.9 Å².